The number of nitrogens with zero attached hydrogens (tertiary/aromatic N) is 1. The van der Waals surface area contributed by atoms with Crippen LogP contribution in [-0.2, 0) is 4.74 Å². The summed E-state index contributed by atoms with van der Waals surface area (Å²) in [6, 6.07) is 0.579. The summed E-state index contributed by atoms with van der Waals surface area (Å²) in [5, 5.41) is 0. The minimum absolute atomic E-state index is 0.257. The zero-order valence-corrected chi connectivity index (χ0v) is 13.6. The maximum absolute atomic E-state index is 6.29. The molecule has 0 bridgehead atoms. The van der Waals surface area contributed by atoms with E-state index in [0.717, 1.165) is 32.2 Å². The second kappa shape index (κ2) is 7.77. The van der Waals surface area contributed by atoms with Gasteiger partial charge in [0.1, 0.15) is 0 Å². The lowest BCUT2D eigenvalue weighted by atomic mass is 9.85. The summed E-state index contributed by atoms with van der Waals surface area (Å²) >= 11 is 0. The summed E-state index contributed by atoms with van der Waals surface area (Å²) < 4.78 is 5.69. The predicted octanol–water partition coefficient (Wildman–Crippen LogP) is 3.18. The average Bonchev–Trinajstić information content (AvgIpc) is 2.71. The van der Waals surface area contributed by atoms with Crippen molar-refractivity contribution in [2.75, 3.05) is 26.3 Å². The van der Waals surface area contributed by atoms with E-state index in [0.29, 0.717) is 6.04 Å². The van der Waals surface area contributed by atoms with Crippen LogP contribution in [-0.4, -0.2) is 42.8 Å². The fourth-order valence-electron chi connectivity index (χ4n) is 4.38. The highest BCUT2D eigenvalue weighted by Gasteiger charge is 2.41. The molecule has 2 rings (SSSR count). The van der Waals surface area contributed by atoms with E-state index in [1.165, 1.54) is 51.4 Å². The normalized spacial score (nSPS) is 36.8. The molecule has 2 N–H and O–H groups in total. The zero-order valence-electron chi connectivity index (χ0n) is 13.6. The van der Waals surface area contributed by atoms with Gasteiger partial charge in [-0.3, -0.25) is 4.90 Å². The molecule has 0 spiro atoms. The highest BCUT2D eigenvalue weighted by Crippen LogP contribution is 2.38. The average molecular weight is 282 g/mol. The molecule has 3 nitrogen and oxygen atoms in total. The SMILES string of the molecule is CCCC1CCCC(CN)(N2CCOCC2CC)CC1. The van der Waals surface area contributed by atoms with Crippen molar-refractivity contribution in [1.82, 2.24) is 4.90 Å². The van der Waals surface area contributed by atoms with Gasteiger partial charge in [-0.1, -0.05) is 39.5 Å². The van der Waals surface area contributed by atoms with Crippen LogP contribution in [0.4, 0.5) is 0 Å². The lowest BCUT2D eigenvalue weighted by Gasteiger charge is -2.49. The third-order valence-electron chi connectivity index (χ3n) is 5.66. The standard InChI is InChI=1S/C17H34N2O/c1-3-6-15-7-5-9-17(14-18,10-8-15)19-11-12-20-13-16(19)4-2/h15-16H,3-14,18H2,1-2H3. The molecule has 3 unspecified atom stereocenters. The first-order valence-electron chi connectivity index (χ1n) is 8.80. The van der Waals surface area contributed by atoms with Gasteiger partial charge in [-0.15, -0.1) is 0 Å². The number of ether oxygens (including phenoxy) is 1. The number of rotatable bonds is 5. The molecule has 3 atom stereocenters. The predicted molar refractivity (Wildman–Crippen MR) is 84.9 cm³/mol. The van der Waals surface area contributed by atoms with Crippen LogP contribution < -0.4 is 5.73 Å². The molecule has 0 amide bonds. The first kappa shape index (κ1) is 16.3. The van der Waals surface area contributed by atoms with E-state index in [-0.39, 0.29) is 5.54 Å². The van der Waals surface area contributed by atoms with E-state index in [1.807, 2.05) is 0 Å². The van der Waals surface area contributed by atoms with Crippen LogP contribution in [0, 0.1) is 5.92 Å². The van der Waals surface area contributed by atoms with Gasteiger partial charge >= 0.3 is 0 Å². The van der Waals surface area contributed by atoms with E-state index in [9.17, 15) is 0 Å². The van der Waals surface area contributed by atoms with Gasteiger partial charge in [0, 0.05) is 24.7 Å². The maximum atomic E-state index is 6.29. The van der Waals surface area contributed by atoms with Crippen LogP contribution in [0.15, 0.2) is 0 Å². The molecule has 1 heterocycles. The number of morpholine rings is 1. The molecular formula is C17H34N2O. The minimum atomic E-state index is 0.257. The quantitative estimate of drug-likeness (QED) is 0.787. The molecule has 0 aromatic rings. The van der Waals surface area contributed by atoms with E-state index in [2.05, 4.69) is 18.7 Å². The first-order valence-corrected chi connectivity index (χ1v) is 8.80. The van der Waals surface area contributed by atoms with E-state index >= 15 is 0 Å². The van der Waals surface area contributed by atoms with Gasteiger partial charge in [0.2, 0.25) is 0 Å². The van der Waals surface area contributed by atoms with Crippen molar-refractivity contribution in [1.29, 1.82) is 0 Å². The van der Waals surface area contributed by atoms with Crippen LogP contribution in [0.2, 0.25) is 0 Å². The van der Waals surface area contributed by atoms with Crippen LogP contribution in [0.5, 0.6) is 0 Å². The maximum Gasteiger partial charge on any atom is 0.0622 e. The molecule has 2 fully saturated rings. The van der Waals surface area contributed by atoms with Gasteiger partial charge in [-0.2, -0.15) is 0 Å². The molecule has 3 heteroatoms. The Morgan fingerprint density at radius 3 is 2.80 bits per heavy atom. The summed E-state index contributed by atoms with van der Waals surface area (Å²) in [6.45, 7) is 8.28. The van der Waals surface area contributed by atoms with Crippen LogP contribution in [0.3, 0.4) is 0 Å². The van der Waals surface area contributed by atoms with Crippen molar-refractivity contribution < 1.29 is 4.74 Å². The van der Waals surface area contributed by atoms with Gasteiger partial charge in [0.25, 0.3) is 0 Å². The van der Waals surface area contributed by atoms with Gasteiger partial charge in [0.15, 0.2) is 0 Å². The summed E-state index contributed by atoms with van der Waals surface area (Å²) in [5.74, 6) is 0.939. The molecule has 0 aromatic heterocycles. The Hall–Kier alpha value is -0.120. The van der Waals surface area contributed by atoms with Crippen LogP contribution >= 0.6 is 0 Å². The minimum Gasteiger partial charge on any atom is -0.378 e. The molecule has 118 valence electrons. The molecule has 1 aliphatic heterocycles. The Morgan fingerprint density at radius 1 is 1.25 bits per heavy atom. The second-order valence-electron chi connectivity index (χ2n) is 6.84. The summed E-state index contributed by atoms with van der Waals surface area (Å²) in [6.07, 6.45) is 10.6. The molecule has 1 saturated heterocycles. The number of hydrogen-bond acceptors (Lipinski definition) is 3. The third-order valence-corrected chi connectivity index (χ3v) is 5.66. The lowest BCUT2D eigenvalue weighted by molar-refractivity contribution is -0.0692. The Morgan fingerprint density at radius 2 is 2.10 bits per heavy atom. The van der Waals surface area contributed by atoms with Crippen molar-refractivity contribution in [3.63, 3.8) is 0 Å². The molecule has 0 radical (unpaired) electrons. The fraction of sp³-hybridized carbons (Fsp3) is 1.00. The van der Waals surface area contributed by atoms with Crippen molar-refractivity contribution >= 4 is 0 Å². The Labute approximate surface area is 125 Å². The zero-order chi connectivity index (χ0) is 14.4. The largest absolute Gasteiger partial charge is 0.378 e. The Kier molecular flexibility index (Phi) is 6.31. The summed E-state index contributed by atoms with van der Waals surface area (Å²) in [7, 11) is 0. The van der Waals surface area contributed by atoms with Crippen LogP contribution in [0.1, 0.15) is 65.2 Å². The van der Waals surface area contributed by atoms with Crippen molar-refractivity contribution in [3.8, 4) is 0 Å². The second-order valence-corrected chi connectivity index (χ2v) is 6.84. The number of nitrogens with two attached hydrogens (primary N) is 1. The van der Waals surface area contributed by atoms with Gasteiger partial charge < -0.3 is 10.5 Å². The summed E-state index contributed by atoms with van der Waals surface area (Å²) in [4.78, 5) is 2.73. The van der Waals surface area contributed by atoms with Gasteiger partial charge in [-0.05, 0) is 31.6 Å². The van der Waals surface area contributed by atoms with Crippen molar-refractivity contribution in [3.05, 3.63) is 0 Å². The monoisotopic (exact) mass is 282 g/mol. The Bertz CT molecular complexity index is 284. The van der Waals surface area contributed by atoms with Crippen molar-refractivity contribution in [2.45, 2.75) is 76.8 Å². The Balaban J connectivity index is 2.07. The first-order chi connectivity index (χ1) is 9.75. The van der Waals surface area contributed by atoms with Crippen LogP contribution in [0.25, 0.3) is 0 Å². The smallest absolute Gasteiger partial charge is 0.0622 e. The molecule has 0 aromatic carbocycles. The molecular weight excluding hydrogens is 248 g/mol. The molecule has 2 aliphatic rings. The molecule has 1 aliphatic carbocycles. The topological polar surface area (TPSA) is 38.5 Å². The van der Waals surface area contributed by atoms with E-state index < -0.39 is 0 Å². The summed E-state index contributed by atoms with van der Waals surface area (Å²) in [5.41, 5.74) is 6.55. The van der Waals surface area contributed by atoms with Crippen molar-refractivity contribution in [2.24, 2.45) is 11.7 Å². The number of hydrogen-bond donors (Lipinski definition) is 1. The lowest BCUT2D eigenvalue weighted by Crippen LogP contribution is -2.61. The third kappa shape index (κ3) is 3.55. The van der Waals surface area contributed by atoms with E-state index in [4.69, 9.17) is 10.5 Å². The fourth-order valence-corrected chi connectivity index (χ4v) is 4.38. The highest BCUT2D eigenvalue weighted by atomic mass is 16.5. The highest BCUT2D eigenvalue weighted by molar-refractivity contribution is 4.97. The van der Waals surface area contributed by atoms with E-state index in [1.54, 1.807) is 0 Å². The molecule has 1 saturated carbocycles. The van der Waals surface area contributed by atoms with Gasteiger partial charge in [0.05, 0.1) is 13.2 Å². The van der Waals surface area contributed by atoms with Gasteiger partial charge in [-0.25, -0.2) is 0 Å². The molecule has 20 heavy (non-hydrogen) atoms.